The topological polar surface area (TPSA) is 223 Å². The Hall–Kier alpha value is -4.04. The first-order valence-electron chi connectivity index (χ1n) is 18.9. The Bertz CT molecular complexity index is 1310. The Morgan fingerprint density at radius 2 is 1.11 bits per heavy atom. The average Bonchev–Trinajstić information content (AvgIpc) is 3.04. The lowest BCUT2D eigenvalue weighted by Crippen LogP contribution is -2.57. The van der Waals surface area contributed by atoms with Crippen LogP contribution in [-0.2, 0) is 35.2 Å². The normalized spacial score (nSPS) is 15.4. The summed E-state index contributed by atoms with van der Waals surface area (Å²) in [6.45, 7) is 14.7. The van der Waals surface area contributed by atoms with Gasteiger partial charge in [0.05, 0.1) is 37.1 Å². The highest BCUT2D eigenvalue weighted by molar-refractivity contribution is 5.92. The van der Waals surface area contributed by atoms with Crippen LogP contribution in [0.2, 0.25) is 0 Å². The van der Waals surface area contributed by atoms with E-state index in [-0.39, 0.29) is 36.5 Å². The lowest BCUT2D eigenvalue weighted by Gasteiger charge is -2.29. The third-order valence-electron chi connectivity index (χ3n) is 8.59. The Balaban J connectivity index is 3.06. The largest absolute Gasteiger partial charge is 0.481 e. The average molecular weight is 748 g/mol. The van der Waals surface area contributed by atoms with Crippen molar-refractivity contribution in [1.29, 1.82) is 0 Å². The van der Waals surface area contributed by atoms with Crippen LogP contribution in [0.15, 0.2) is 30.3 Å². The standard InChI is InChI=1S/C39H65N5O9/c1-9-10-16-28(42-39(53)31(41-34(47)19-25(6)7)20-27-14-12-11-13-15-27)38(52)44-29(17-23(2)3)32(45)21-35(48)40-26(8)37(51)43-30(18-24(4)5)33(46)22-36(49)50/h11-15,23-26,28-33,45-46H,9-10,16-22H2,1-8H3,(H,40,48)(H,41,47)(H,42,53)(H,43,51)(H,44,52)(H,49,50)/t26-,28-,29-,30?,31-,32?,33?/m0/s1. The molecule has 0 saturated heterocycles. The van der Waals surface area contributed by atoms with Crippen LogP contribution in [0.25, 0.3) is 0 Å². The van der Waals surface area contributed by atoms with E-state index in [2.05, 4.69) is 26.6 Å². The molecule has 8 N–H and O–H groups in total. The van der Waals surface area contributed by atoms with Crippen molar-refractivity contribution in [2.24, 2.45) is 17.8 Å². The van der Waals surface area contributed by atoms with Crippen molar-refractivity contribution < 1.29 is 44.1 Å². The highest BCUT2D eigenvalue weighted by Crippen LogP contribution is 2.15. The summed E-state index contributed by atoms with van der Waals surface area (Å²) in [5.74, 6) is -3.70. The summed E-state index contributed by atoms with van der Waals surface area (Å²) in [5, 5.41) is 44.3. The summed E-state index contributed by atoms with van der Waals surface area (Å²) in [6, 6.07) is 4.55. The van der Waals surface area contributed by atoms with Crippen molar-refractivity contribution in [2.75, 3.05) is 0 Å². The number of carbonyl (C=O) groups excluding carboxylic acids is 5. The van der Waals surface area contributed by atoms with Crippen molar-refractivity contribution in [3.05, 3.63) is 35.9 Å². The fourth-order valence-corrected chi connectivity index (χ4v) is 5.88. The number of aliphatic carboxylic acids is 1. The molecule has 1 aromatic rings. The molecule has 7 atom stereocenters. The van der Waals surface area contributed by atoms with Crippen LogP contribution in [0.1, 0.15) is 112 Å². The number of rotatable bonds is 25. The SMILES string of the molecule is CCCC[C@H](NC(=O)[C@H](Cc1ccccc1)NC(=O)CC(C)C)C(=O)N[C@@H](CC(C)C)C(O)CC(=O)N[C@@H](C)C(=O)NC(CC(C)C)C(O)CC(=O)O. The van der Waals surface area contributed by atoms with Crippen LogP contribution in [0, 0.1) is 17.8 Å². The van der Waals surface area contributed by atoms with Gasteiger partial charge in [-0.05, 0) is 49.5 Å². The van der Waals surface area contributed by atoms with E-state index in [0.29, 0.717) is 25.7 Å². The molecule has 0 heterocycles. The second kappa shape index (κ2) is 24.3. The fourth-order valence-electron chi connectivity index (χ4n) is 5.88. The van der Waals surface area contributed by atoms with Crippen LogP contribution in [0.3, 0.4) is 0 Å². The van der Waals surface area contributed by atoms with E-state index in [1.54, 1.807) is 0 Å². The summed E-state index contributed by atoms with van der Waals surface area (Å²) in [4.78, 5) is 77.2. The molecule has 1 rings (SSSR count). The highest BCUT2D eigenvalue weighted by atomic mass is 16.4. The molecule has 0 aromatic heterocycles. The molecule has 0 aliphatic heterocycles. The zero-order valence-corrected chi connectivity index (χ0v) is 32.8. The van der Waals surface area contributed by atoms with Crippen LogP contribution < -0.4 is 26.6 Å². The first kappa shape index (κ1) is 47.0. The second-order valence-corrected chi connectivity index (χ2v) is 15.3. The zero-order chi connectivity index (χ0) is 40.2. The third-order valence-corrected chi connectivity index (χ3v) is 8.59. The van der Waals surface area contributed by atoms with Gasteiger partial charge in [0, 0.05) is 12.8 Å². The number of hydrogen-bond donors (Lipinski definition) is 8. The van der Waals surface area contributed by atoms with Crippen LogP contribution >= 0.6 is 0 Å². The third kappa shape index (κ3) is 19.6. The number of carboxylic acid groups (broad SMARTS) is 1. The van der Waals surface area contributed by atoms with Gasteiger partial charge in [-0.1, -0.05) is 91.6 Å². The number of benzene rings is 1. The van der Waals surface area contributed by atoms with Crippen LogP contribution in [0.4, 0.5) is 0 Å². The van der Waals surface area contributed by atoms with E-state index in [1.165, 1.54) is 6.92 Å². The molecule has 14 heteroatoms. The molecule has 0 radical (unpaired) electrons. The van der Waals surface area contributed by atoms with Crippen LogP contribution in [0.5, 0.6) is 0 Å². The van der Waals surface area contributed by atoms with Crippen LogP contribution in [-0.4, -0.2) is 93.2 Å². The molecule has 0 spiro atoms. The van der Waals surface area contributed by atoms with Gasteiger partial charge in [0.25, 0.3) is 0 Å². The number of aliphatic hydroxyl groups is 2. The first-order chi connectivity index (χ1) is 24.8. The number of hydrogen-bond acceptors (Lipinski definition) is 8. The molecule has 0 bridgehead atoms. The molecule has 300 valence electrons. The summed E-state index contributed by atoms with van der Waals surface area (Å²) >= 11 is 0. The Morgan fingerprint density at radius 3 is 1.62 bits per heavy atom. The van der Waals surface area contributed by atoms with Crippen molar-refractivity contribution >= 4 is 35.5 Å². The maximum Gasteiger partial charge on any atom is 0.306 e. The number of nitrogens with one attached hydrogen (secondary N) is 5. The minimum Gasteiger partial charge on any atom is -0.481 e. The minimum absolute atomic E-state index is 0.00735. The van der Waals surface area contributed by atoms with Crippen molar-refractivity contribution in [3.63, 3.8) is 0 Å². The van der Waals surface area contributed by atoms with Gasteiger partial charge in [0.2, 0.25) is 29.5 Å². The number of carboxylic acids is 1. The lowest BCUT2D eigenvalue weighted by molar-refractivity contribution is -0.140. The molecule has 0 aliphatic rings. The smallest absolute Gasteiger partial charge is 0.306 e. The molecule has 3 unspecified atom stereocenters. The molecule has 14 nitrogen and oxygen atoms in total. The first-order valence-corrected chi connectivity index (χ1v) is 18.9. The summed E-state index contributed by atoms with van der Waals surface area (Å²) < 4.78 is 0. The monoisotopic (exact) mass is 747 g/mol. The summed E-state index contributed by atoms with van der Waals surface area (Å²) in [6.07, 6.45) is -0.910. The Kier molecular flexibility index (Phi) is 21.5. The van der Waals surface area contributed by atoms with Gasteiger partial charge in [0.15, 0.2) is 0 Å². The van der Waals surface area contributed by atoms with Crippen molar-refractivity contribution in [1.82, 2.24) is 26.6 Å². The van der Waals surface area contributed by atoms with E-state index in [1.807, 2.05) is 78.8 Å². The molecular formula is C39H65N5O9. The number of unbranched alkanes of at least 4 members (excludes halogenated alkanes) is 1. The summed E-state index contributed by atoms with van der Waals surface area (Å²) in [7, 11) is 0. The highest BCUT2D eigenvalue weighted by Gasteiger charge is 2.32. The van der Waals surface area contributed by atoms with E-state index in [9.17, 15) is 39.0 Å². The summed E-state index contributed by atoms with van der Waals surface area (Å²) in [5.41, 5.74) is 0.836. The predicted molar refractivity (Wildman–Crippen MR) is 202 cm³/mol. The predicted octanol–water partition coefficient (Wildman–Crippen LogP) is 2.59. The van der Waals surface area contributed by atoms with Gasteiger partial charge < -0.3 is 41.9 Å². The van der Waals surface area contributed by atoms with Gasteiger partial charge in [-0.2, -0.15) is 0 Å². The van der Waals surface area contributed by atoms with Gasteiger partial charge in [-0.25, -0.2) is 0 Å². The minimum atomic E-state index is -1.34. The molecule has 0 aliphatic carbocycles. The zero-order valence-electron chi connectivity index (χ0n) is 32.8. The van der Waals surface area contributed by atoms with Gasteiger partial charge in [0.1, 0.15) is 18.1 Å². The maximum absolute atomic E-state index is 13.7. The van der Waals surface area contributed by atoms with Crippen molar-refractivity contribution in [3.8, 4) is 0 Å². The van der Waals surface area contributed by atoms with Gasteiger partial charge in [-0.3, -0.25) is 28.8 Å². The molecule has 0 fully saturated rings. The molecular weight excluding hydrogens is 682 g/mol. The van der Waals surface area contributed by atoms with Gasteiger partial charge >= 0.3 is 5.97 Å². The number of carbonyl (C=O) groups is 6. The Labute approximate surface area is 315 Å². The quantitative estimate of drug-likeness (QED) is 0.0735. The molecule has 53 heavy (non-hydrogen) atoms. The fraction of sp³-hybridized carbons (Fsp3) is 0.692. The molecule has 5 amide bonds. The maximum atomic E-state index is 13.7. The lowest BCUT2D eigenvalue weighted by atomic mass is 9.96. The second-order valence-electron chi connectivity index (χ2n) is 15.3. The molecule has 1 aromatic carbocycles. The van der Waals surface area contributed by atoms with E-state index < -0.39 is 84.9 Å². The van der Waals surface area contributed by atoms with Gasteiger partial charge in [-0.15, -0.1) is 0 Å². The van der Waals surface area contributed by atoms with E-state index in [0.717, 1.165) is 12.0 Å². The van der Waals surface area contributed by atoms with Crippen molar-refractivity contribution in [2.45, 2.75) is 156 Å². The number of aliphatic hydroxyl groups excluding tert-OH is 2. The molecule has 0 saturated carbocycles. The Morgan fingerprint density at radius 1 is 0.604 bits per heavy atom. The van der Waals surface area contributed by atoms with E-state index >= 15 is 0 Å². The van der Waals surface area contributed by atoms with E-state index in [4.69, 9.17) is 5.11 Å². The number of amides is 5.